The van der Waals surface area contributed by atoms with Gasteiger partial charge in [0.15, 0.2) is 5.15 Å². The van der Waals surface area contributed by atoms with Crippen LogP contribution in [0.1, 0.15) is 0 Å². The summed E-state index contributed by atoms with van der Waals surface area (Å²) in [6.07, 6.45) is 1.46. The van der Waals surface area contributed by atoms with Crippen molar-refractivity contribution in [3.63, 3.8) is 0 Å². The number of rotatable bonds is 2. The Kier molecular flexibility index (Phi) is 2.93. The summed E-state index contributed by atoms with van der Waals surface area (Å²) in [5.41, 5.74) is 3.09. The summed E-state index contributed by atoms with van der Waals surface area (Å²) in [4.78, 5) is 8.42. The van der Waals surface area contributed by atoms with Gasteiger partial charge < -0.3 is 0 Å². The molecule has 0 bridgehead atoms. The van der Waals surface area contributed by atoms with Crippen LogP contribution in [0, 0.1) is 0 Å². The van der Waals surface area contributed by atoms with Gasteiger partial charge in [0.2, 0.25) is 0 Å². The smallest absolute Gasteiger partial charge is 0.154 e. The van der Waals surface area contributed by atoms with Crippen LogP contribution in [0.3, 0.4) is 0 Å². The Morgan fingerprint density at radius 1 is 1.55 bits per heavy atom. The van der Waals surface area contributed by atoms with Crippen molar-refractivity contribution in [3.05, 3.63) is 22.4 Å². The van der Waals surface area contributed by atoms with Gasteiger partial charge in [-0.2, -0.15) is 0 Å². The van der Waals surface area contributed by atoms with E-state index in [-0.39, 0.29) is 0 Å². The SMILES string of the molecule is CONc1cc(Cl)cnc1Cl. The quantitative estimate of drug-likeness (QED) is 0.578. The fourth-order valence-corrected chi connectivity index (χ4v) is 0.904. The number of nitrogens with one attached hydrogen (secondary N) is 1. The molecule has 0 aromatic carbocycles. The second-order valence-electron chi connectivity index (χ2n) is 1.80. The minimum atomic E-state index is 0.330. The van der Waals surface area contributed by atoms with Crippen LogP contribution in [-0.2, 0) is 4.84 Å². The average molecular weight is 193 g/mol. The Morgan fingerprint density at radius 3 is 2.91 bits per heavy atom. The lowest BCUT2D eigenvalue weighted by atomic mass is 10.4. The summed E-state index contributed by atoms with van der Waals surface area (Å²) in [6, 6.07) is 1.63. The van der Waals surface area contributed by atoms with Crippen molar-refractivity contribution in [2.45, 2.75) is 0 Å². The molecule has 0 spiro atoms. The Hall–Kier alpha value is -0.510. The minimum Gasteiger partial charge on any atom is -0.279 e. The summed E-state index contributed by atoms with van der Waals surface area (Å²) < 4.78 is 0. The molecule has 0 aliphatic rings. The molecule has 1 rings (SSSR count). The van der Waals surface area contributed by atoms with Crippen molar-refractivity contribution in [1.82, 2.24) is 4.98 Å². The number of anilines is 1. The standard InChI is InChI=1S/C6H6Cl2N2O/c1-11-10-5-2-4(7)3-9-6(5)8/h2-3,10H,1H3. The third-order valence-corrected chi connectivity index (χ3v) is 1.53. The lowest BCUT2D eigenvalue weighted by Gasteiger charge is -2.03. The Balaban J connectivity index is 2.93. The van der Waals surface area contributed by atoms with Crippen LogP contribution in [0.15, 0.2) is 12.3 Å². The molecule has 0 aliphatic carbocycles. The summed E-state index contributed by atoms with van der Waals surface area (Å²) in [5.74, 6) is 0. The zero-order valence-electron chi connectivity index (χ0n) is 5.77. The van der Waals surface area contributed by atoms with Crippen LogP contribution < -0.4 is 5.48 Å². The van der Waals surface area contributed by atoms with Crippen LogP contribution >= 0.6 is 23.2 Å². The third kappa shape index (κ3) is 2.22. The van der Waals surface area contributed by atoms with Gasteiger partial charge in [-0.3, -0.25) is 10.3 Å². The lowest BCUT2D eigenvalue weighted by Crippen LogP contribution is -1.96. The summed E-state index contributed by atoms with van der Waals surface area (Å²) in [6.45, 7) is 0. The fraction of sp³-hybridized carbons (Fsp3) is 0.167. The molecule has 0 unspecified atom stereocenters. The monoisotopic (exact) mass is 192 g/mol. The Morgan fingerprint density at radius 2 is 2.27 bits per heavy atom. The summed E-state index contributed by atoms with van der Waals surface area (Å²) in [5, 5.41) is 0.838. The van der Waals surface area contributed by atoms with Crippen LogP contribution in [0.4, 0.5) is 5.69 Å². The number of aromatic nitrogens is 1. The average Bonchev–Trinajstić information content (AvgIpc) is 1.98. The molecule has 0 saturated carbocycles. The molecule has 11 heavy (non-hydrogen) atoms. The molecule has 0 radical (unpaired) electrons. The summed E-state index contributed by atoms with van der Waals surface area (Å²) >= 11 is 11.3. The van der Waals surface area contributed by atoms with E-state index in [1.54, 1.807) is 6.07 Å². The van der Waals surface area contributed by atoms with Gasteiger partial charge in [-0.25, -0.2) is 4.98 Å². The topological polar surface area (TPSA) is 34.1 Å². The molecule has 3 nitrogen and oxygen atoms in total. The highest BCUT2D eigenvalue weighted by Gasteiger charge is 2.00. The van der Waals surface area contributed by atoms with Gasteiger partial charge >= 0.3 is 0 Å². The van der Waals surface area contributed by atoms with Gasteiger partial charge in [0, 0.05) is 6.20 Å². The molecule has 0 saturated heterocycles. The van der Waals surface area contributed by atoms with E-state index in [9.17, 15) is 0 Å². The number of pyridine rings is 1. The number of halogens is 2. The first-order valence-electron chi connectivity index (χ1n) is 2.84. The van der Waals surface area contributed by atoms with E-state index in [1.165, 1.54) is 13.3 Å². The van der Waals surface area contributed by atoms with E-state index in [1.807, 2.05) is 0 Å². The van der Waals surface area contributed by atoms with Gasteiger partial charge in [0.05, 0.1) is 17.8 Å². The molecule has 0 aliphatic heterocycles. The fourth-order valence-electron chi connectivity index (χ4n) is 0.604. The van der Waals surface area contributed by atoms with Crippen LogP contribution in [-0.4, -0.2) is 12.1 Å². The Labute approximate surface area is 74.2 Å². The molecule has 0 amide bonds. The van der Waals surface area contributed by atoms with Crippen molar-refractivity contribution in [3.8, 4) is 0 Å². The van der Waals surface area contributed by atoms with E-state index < -0.39 is 0 Å². The largest absolute Gasteiger partial charge is 0.279 e. The van der Waals surface area contributed by atoms with Crippen LogP contribution in [0.25, 0.3) is 0 Å². The second kappa shape index (κ2) is 3.76. The zero-order chi connectivity index (χ0) is 8.27. The highest BCUT2D eigenvalue weighted by Crippen LogP contribution is 2.21. The highest BCUT2D eigenvalue weighted by molar-refractivity contribution is 6.34. The predicted octanol–water partition coefficient (Wildman–Crippen LogP) is 2.36. The van der Waals surface area contributed by atoms with E-state index >= 15 is 0 Å². The summed E-state index contributed by atoms with van der Waals surface area (Å²) in [7, 11) is 1.48. The van der Waals surface area contributed by atoms with Crippen LogP contribution in [0.2, 0.25) is 10.2 Å². The number of hydrogen-bond donors (Lipinski definition) is 1. The molecule has 0 atom stereocenters. The highest BCUT2D eigenvalue weighted by atomic mass is 35.5. The van der Waals surface area contributed by atoms with Gasteiger partial charge in [-0.15, -0.1) is 0 Å². The molecule has 0 fully saturated rings. The van der Waals surface area contributed by atoms with Gasteiger partial charge in [0.25, 0.3) is 0 Å². The number of nitrogens with zero attached hydrogens (tertiary/aromatic N) is 1. The molecule has 1 aromatic heterocycles. The van der Waals surface area contributed by atoms with E-state index in [0.29, 0.717) is 15.9 Å². The third-order valence-electron chi connectivity index (χ3n) is 1.02. The first-order valence-corrected chi connectivity index (χ1v) is 3.59. The Bertz CT molecular complexity index is 254. The molecule has 1 heterocycles. The first-order chi connectivity index (χ1) is 5.24. The predicted molar refractivity (Wildman–Crippen MR) is 44.9 cm³/mol. The normalized spacial score (nSPS) is 9.73. The molecular weight excluding hydrogens is 187 g/mol. The molecule has 1 N–H and O–H groups in total. The van der Waals surface area contributed by atoms with E-state index in [2.05, 4.69) is 15.3 Å². The van der Waals surface area contributed by atoms with Gasteiger partial charge in [0.1, 0.15) is 0 Å². The first kappa shape index (κ1) is 8.59. The van der Waals surface area contributed by atoms with E-state index in [0.717, 1.165) is 0 Å². The molecule has 60 valence electrons. The van der Waals surface area contributed by atoms with E-state index in [4.69, 9.17) is 23.2 Å². The molecule has 1 aromatic rings. The maximum Gasteiger partial charge on any atom is 0.154 e. The van der Waals surface area contributed by atoms with Gasteiger partial charge in [-0.05, 0) is 6.07 Å². The minimum absolute atomic E-state index is 0.330. The molecule has 5 heteroatoms. The van der Waals surface area contributed by atoms with Gasteiger partial charge in [-0.1, -0.05) is 23.2 Å². The van der Waals surface area contributed by atoms with Crippen molar-refractivity contribution in [2.75, 3.05) is 12.6 Å². The second-order valence-corrected chi connectivity index (χ2v) is 2.59. The maximum atomic E-state index is 5.66. The number of hydrogen-bond acceptors (Lipinski definition) is 3. The van der Waals surface area contributed by atoms with Crippen molar-refractivity contribution >= 4 is 28.9 Å². The van der Waals surface area contributed by atoms with Crippen molar-refractivity contribution < 1.29 is 4.84 Å². The zero-order valence-corrected chi connectivity index (χ0v) is 7.28. The lowest BCUT2D eigenvalue weighted by molar-refractivity contribution is 0.271. The van der Waals surface area contributed by atoms with Crippen molar-refractivity contribution in [1.29, 1.82) is 0 Å². The van der Waals surface area contributed by atoms with Crippen LogP contribution in [0.5, 0.6) is 0 Å². The molecular formula is C6H6Cl2N2O. The van der Waals surface area contributed by atoms with Crippen molar-refractivity contribution in [2.24, 2.45) is 0 Å². The maximum absolute atomic E-state index is 5.66.